The molecule has 10 heteroatoms. The molecular formula is C35H37Cl2N3O4S. The van der Waals surface area contributed by atoms with Crippen molar-refractivity contribution in [2.75, 3.05) is 17.4 Å². The van der Waals surface area contributed by atoms with Crippen molar-refractivity contribution in [1.82, 2.24) is 10.2 Å². The zero-order valence-electron chi connectivity index (χ0n) is 25.5. The third-order valence-electron chi connectivity index (χ3n) is 7.19. The summed E-state index contributed by atoms with van der Waals surface area (Å²) in [6.45, 7) is 5.78. The van der Waals surface area contributed by atoms with E-state index in [0.29, 0.717) is 22.3 Å². The second-order valence-corrected chi connectivity index (χ2v) is 14.0. The van der Waals surface area contributed by atoms with Gasteiger partial charge in [-0.15, -0.1) is 0 Å². The molecule has 7 nitrogen and oxygen atoms in total. The van der Waals surface area contributed by atoms with Crippen LogP contribution in [-0.4, -0.2) is 44.3 Å². The number of carbonyl (C=O) groups excluding carboxylic acids is 2. The van der Waals surface area contributed by atoms with E-state index in [4.69, 9.17) is 23.2 Å². The Morgan fingerprint density at radius 2 is 1.42 bits per heavy atom. The third kappa shape index (κ3) is 9.33. The highest BCUT2D eigenvalue weighted by molar-refractivity contribution is 7.92. The molecule has 4 rings (SSSR count). The van der Waals surface area contributed by atoms with Crippen molar-refractivity contribution in [2.24, 2.45) is 5.92 Å². The van der Waals surface area contributed by atoms with Crippen molar-refractivity contribution in [3.8, 4) is 0 Å². The Labute approximate surface area is 275 Å². The molecule has 4 aromatic carbocycles. The molecule has 0 spiro atoms. The Morgan fingerprint density at radius 3 is 2.02 bits per heavy atom. The van der Waals surface area contributed by atoms with E-state index in [1.54, 1.807) is 42.5 Å². The molecule has 0 saturated heterocycles. The molecule has 0 saturated carbocycles. The van der Waals surface area contributed by atoms with E-state index in [1.165, 1.54) is 29.2 Å². The summed E-state index contributed by atoms with van der Waals surface area (Å²) in [5.41, 5.74) is 2.75. The van der Waals surface area contributed by atoms with E-state index in [9.17, 15) is 18.0 Å². The summed E-state index contributed by atoms with van der Waals surface area (Å²) in [4.78, 5) is 29.8. The van der Waals surface area contributed by atoms with Crippen LogP contribution in [0.1, 0.15) is 30.5 Å². The average molecular weight is 667 g/mol. The molecule has 2 amide bonds. The van der Waals surface area contributed by atoms with Crippen molar-refractivity contribution in [3.05, 3.63) is 130 Å². The molecule has 0 radical (unpaired) electrons. The number of sulfonamides is 1. The Balaban J connectivity index is 1.79. The molecule has 0 aromatic heterocycles. The highest BCUT2D eigenvalue weighted by atomic mass is 35.5. The second-order valence-electron chi connectivity index (χ2n) is 11.3. The predicted octanol–water partition coefficient (Wildman–Crippen LogP) is 6.91. The van der Waals surface area contributed by atoms with Crippen molar-refractivity contribution < 1.29 is 18.0 Å². The first-order chi connectivity index (χ1) is 21.4. The van der Waals surface area contributed by atoms with Gasteiger partial charge in [-0.25, -0.2) is 8.42 Å². The van der Waals surface area contributed by atoms with Crippen LogP contribution in [0.5, 0.6) is 0 Å². The van der Waals surface area contributed by atoms with Gasteiger partial charge in [-0.1, -0.05) is 91.6 Å². The maximum atomic E-state index is 14.5. The summed E-state index contributed by atoms with van der Waals surface area (Å²) in [6.07, 6.45) is 0.235. The van der Waals surface area contributed by atoms with Crippen molar-refractivity contribution >= 4 is 50.7 Å². The molecule has 0 heterocycles. The van der Waals surface area contributed by atoms with Crippen molar-refractivity contribution in [3.63, 3.8) is 0 Å². The fraction of sp³-hybridized carbons (Fsp3) is 0.257. The average Bonchev–Trinajstić information content (AvgIpc) is 3.01. The van der Waals surface area contributed by atoms with Gasteiger partial charge in [0.1, 0.15) is 12.6 Å². The van der Waals surface area contributed by atoms with E-state index in [2.05, 4.69) is 5.32 Å². The molecule has 0 bridgehead atoms. The van der Waals surface area contributed by atoms with Gasteiger partial charge >= 0.3 is 0 Å². The number of carbonyl (C=O) groups is 2. The largest absolute Gasteiger partial charge is 0.354 e. The van der Waals surface area contributed by atoms with Gasteiger partial charge in [0.25, 0.3) is 10.0 Å². The van der Waals surface area contributed by atoms with Gasteiger partial charge in [-0.3, -0.25) is 13.9 Å². The first kappa shape index (κ1) is 34.0. The molecule has 1 atom stereocenters. The first-order valence-corrected chi connectivity index (χ1v) is 16.8. The number of anilines is 1. The van der Waals surface area contributed by atoms with E-state index in [1.807, 2.05) is 57.2 Å². The summed E-state index contributed by atoms with van der Waals surface area (Å²) < 4.78 is 29.3. The summed E-state index contributed by atoms with van der Waals surface area (Å²) in [5, 5.41) is 3.91. The van der Waals surface area contributed by atoms with Crippen LogP contribution in [-0.2, 0) is 32.6 Å². The van der Waals surface area contributed by atoms with E-state index in [-0.39, 0.29) is 29.7 Å². The molecule has 4 aromatic rings. The van der Waals surface area contributed by atoms with Crippen LogP contribution >= 0.6 is 23.2 Å². The molecule has 45 heavy (non-hydrogen) atoms. The maximum Gasteiger partial charge on any atom is 0.264 e. The zero-order chi connectivity index (χ0) is 32.6. The number of rotatable bonds is 13. The van der Waals surface area contributed by atoms with Crippen LogP contribution in [0.4, 0.5) is 5.69 Å². The second kappa shape index (κ2) is 15.4. The fourth-order valence-electron chi connectivity index (χ4n) is 4.81. The smallest absolute Gasteiger partial charge is 0.264 e. The number of hydrogen-bond donors (Lipinski definition) is 1. The van der Waals surface area contributed by atoms with Gasteiger partial charge in [0.2, 0.25) is 11.8 Å². The van der Waals surface area contributed by atoms with E-state index in [0.717, 1.165) is 21.0 Å². The predicted molar refractivity (Wildman–Crippen MR) is 181 cm³/mol. The first-order valence-electron chi connectivity index (χ1n) is 14.6. The Hall–Kier alpha value is -3.85. The standard InChI is InChI=1S/C35H37Cl2N3O4S/c1-25(2)22-38-35(42)33(21-27-9-5-4-6-10-27)39(23-28-12-14-29(36)15-13-28)34(41)24-40(31-11-7-8-26(3)20-31)45(43,44)32-18-16-30(37)17-19-32/h4-20,25,33H,21-24H2,1-3H3,(H,38,42)/t33-/m0/s1. The van der Waals surface area contributed by atoms with Gasteiger partial charge in [-0.2, -0.15) is 0 Å². The lowest BCUT2D eigenvalue weighted by Gasteiger charge is -2.34. The van der Waals surface area contributed by atoms with Crippen molar-refractivity contribution in [2.45, 2.75) is 44.7 Å². The maximum absolute atomic E-state index is 14.5. The Morgan fingerprint density at radius 1 is 0.800 bits per heavy atom. The zero-order valence-corrected chi connectivity index (χ0v) is 27.8. The molecule has 0 fully saturated rings. The number of aryl methyl sites for hydroxylation is 1. The lowest BCUT2D eigenvalue weighted by Crippen LogP contribution is -2.53. The molecule has 0 aliphatic rings. The minimum absolute atomic E-state index is 0.0130. The number of nitrogens with one attached hydrogen (secondary N) is 1. The number of halogens is 2. The van der Waals surface area contributed by atoms with Crippen LogP contribution in [0.2, 0.25) is 10.0 Å². The molecule has 0 aliphatic carbocycles. The van der Waals surface area contributed by atoms with Gasteiger partial charge in [0, 0.05) is 29.6 Å². The number of hydrogen-bond acceptors (Lipinski definition) is 4. The van der Waals surface area contributed by atoms with Gasteiger partial charge in [0.15, 0.2) is 0 Å². The highest BCUT2D eigenvalue weighted by Gasteiger charge is 2.34. The molecule has 0 aliphatic heterocycles. The topological polar surface area (TPSA) is 86.8 Å². The monoisotopic (exact) mass is 665 g/mol. The summed E-state index contributed by atoms with van der Waals surface area (Å²) in [6, 6.07) is 28.3. The fourth-order valence-corrected chi connectivity index (χ4v) is 6.47. The van der Waals surface area contributed by atoms with Gasteiger partial charge < -0.3 is 10.2 Å². The van der Waals surface area contributed by atoms with E-state index < -0.39 is 28.5 Å². The summed E-state index contributed by atoms with van der Waals surface area (Å²) in [5.74, 6) is -0.671. The van der Waals surface area contributed by atoms with E-state index >= 15 is 0 Å². The summed E-state index contributed by atoms with van der Waals surface area (Å²) >= 11 is 12.2. The van der Waals surface area contributed by atoms with Crippen LogP contribution in [0.3, 0.4) is 0 Å². The minimum Gasteiger partial charge on any atom is -0.354 e. The SMILES string of the molecule is Cc1cccc(N(CC(=O)N(Cc2ccc(Cl)cc2)[C@@H](Cc2ccccc2)C(=O)NCC(C)C)S(=O)(=O)c2ccc(Cl)cc2)c1. The highest BCUT2D eigenvalue weighted by Crippen LogP contribution is 2.27. The summed E-state index contributed by atoms with van der Waals surface area (Å²) in [7, 11) is -4.21. The molecule has 236 valence electrons. The lowest BCUT2D eigenvalue weighted by atomic mass is 10.0. The van der Waals surface area contributed by atoms with Gasteiger partial charge in [-0.05, 0) is 78.1 Å². The van der Waals surface area contributed by atoms with Crippen LogP contribution in [0.25, 0.3) is 0 Å². The Kier molecular flexibility index (Phi) is 11.7. The minimum atomic E-state index is -4.21. The third-order valence-corrected chi connectivity index (χ3v) is 9.48. The van der Waals surface area contributed by atoms with Crippen LogP contribution in [0.15, 0.2) is 108 Å². The van der Waals surface area contributed by atoms with Gasteiger partial charge in [0.05, 0.1) is 10.6 Å². The normalized spacial score (nSPS) is 12.0. The molecular weight excluding hydrogens is 629 g/mol. The molecule has 1 N–H and O–H groups in total. The number of nitrogens with zero attached hydrogens (tertiary/aromatic N) is 2. The van der Waals surface area contributed by atoms with Crippen LogP contribution in [0, 0.1) is 12.8 Å². The number of amides is 2. The van der Waals surface area contributed by atoms with Crippen LogP contribution < -0.4 is 9.62 Å². The Bertz CT molecular complexity index is 1700. The number of benzene rings is 4. The van der Waals surface area contributed by atoms with Crippen molar-refractivity contribution in [1.29, 1.82) is 0 Å². The quantitative estimate of drug-likeness (QED) is 0.168. The molecule has 0 unspecified atom stereocenters. The lowest BCUT2D eigenvalue weighted by molar-refractivity contribution is -0.140.